The molecule has 0 aliphatic heterocycles. The number of halogens is 1. The van der Waals surface area contributed by atoms with Crippen LogP contribution in [0, 0.1) is 5.92 Å². The fourth-order valence-corrected chi connectivity index (χ4v) is 3.37. The summed E-state index contributed by atoms with van der Waals surface area (Å²) < 4.78 is 44.3. The molecule has 0 unspecified atom stereocenters. The summed E-state index contributed by atoms with van der Waals surface area (Å²) in [5, 5.41) is 0. The third kappa shape index (κ3) is 5.53. The second kappa shape index (κ2) is 6.91. The lowest BCUT2D eigenvalue weighted by Gasteiger charge is -2.29. The van der Waals surface area contributed by atoms with Crippen LogP contribution in [0.5, 0.6) is 5.75 Å². The quantitative estimate of drug-likeness (QED) is 0.881. The first kappa shape index (κ1) is 17.8. The molecule has 1 aromatic rings. The molecule has 1 aliphatic rings. The van der Waals surface area contributed by atoms with Gasteiger partial charge in [0, 0.05) is 11.3 Å². The largest absolute Gasteiger partial charge is 0.496 e. The maximum Gasteiger partial charge on any atom is 0.229 e. The van der Waals surface area contributed by atoms with Gasteiger partial charge in [0.1, 0.15) is 11.4 Å². The molecule has 23 heavy (non-hydrogen) atoms. The molecular weight excluding hydrogens is 317 g/mol. The molecule has 0 radical (unpaired) electrons. The first-order valence-corrected chi connectivity index (χ1v) is 9.61. The summed E-state index contributed by atoms with van der Waals surface area (Å²) in [5.41, 5.74) is 0.254. The lowest BCUT2D eigenvalue weighted by molar-refractivity contribution is 0.114. The highest BCUT2D eigenvalue weighted by Crippen LogP contribution is 2.36. The van der Waals surface area contributed by atoms with E-state index < -0.39 is 15.7 Å². The summed E-state index contributed by atoms with van der Waals surface area (Å²) >= 11 is 0. The van der Waals surface area contributed by atoms with E-state index in [2.05, 4.69) is 10.8 Å². The van der Waals surface area contributed by atoms with Gasteiger partial charge < -0.3 is 4.74 Å². The first-order valence-electron chi connectivity index (χ1n) is 7.71. The van der Waals surface area contributed by atoms with Gasteiger partial charge in [0.05, 0.1) is 13.4 Å². The molecule has 4 nitrogen and oxygen atoms in total. The third-order valence-corrected chi connectivity index (χ3v) is 4.76. The molecule has 1 fully saturated rings. The number of hydrogen-bond donors (Lipinski definition) is 1. The van der Waals surface area contributed by atoms with Gasteiger partial charge in [0.2, 0.25) is 10.0 Å². The van der Waals surface area contributed by atoms with E-state index in [1.165, 1.54) is 0 Å². The normalized spacial score (nSPS) is 25.5. The molecule has 6 heteroatoms. The standard InChI is InChI=1S/C17H24FNO3S/c1-17(18)10-8-13(9-11-17)4-5-14-12-15(19-23(3,20)21)6-7-16(14)22-2/h4-7,12-13,19H,8-11H2,1-3H3/b5-4+. The van der Waals surface area contributed by atoms with Gasteiger partial charge >= 0.3 is 0 Å². The number of ether oxygens (including phenoxy) is 1. The molecule has 1 aliphatic carbocycles. The number of alkyl halides is 1. The second-order valence-electron chi connectivity index (χ2n) is 6.44. The molecule has 2 rings (SSSR count). The van der Waals surface area contributed by atoms with E-state index in [1.807, 2.05) is 6.08 Å². The number of hydrogen-bond acceptors (Lipinski definition) is 3. The highest BCUT2D eigenvalue weighted by atomic mass is 32.2. The second-order valence-corrected chi connectivity index (χ2v) is 8.19. The molecule has 1 saturated carbocycles. The molecular formula is C17H24FNO3S. The third-order valence-electron chi connectivity index (χ3n) is 4.15. The molecule has 0 atom stereocenters. The number of methoxy groups -OCH3 is 1. The summed E-state index contributed by atoms with van der Waals surface area (Å²) in [7, 11) is -1.74. The summed E-state index contributed by atoms with van der Waals surface area (Å²) in [6.45, 7) is 1.66. The Morgan fingerprint density at radius 3 is 2.57 bits per heavy atom. The summed E-state index contributed by atoms with van der Waals surface area (Å²) in [6, 6.07) is 5.12. The van der Waals surface area contributed by atoms with Gasteiger partial charge in [-0.2, -0.15) is 0 Å². The Morgan fingerprint density at radius 1 is 1.35 bits per heavy atom. The van der Waals surface area contributed by atoms with Crippen LogP contribution in [-0.4, -0.2) is 27.5 Å². The zero-order valence-electron chi connectivity index (χ0n) is 13.8. The lowest BCUT2D eigenvalue weighted by Crippen LogP contribution is -2.25. The van der Waals surface area contributed by atoms with Gasteiger partial charge in [-0.1, -0.05) is 12.2 Å². The van der Waals surface area contributed by atoms with Gasteiger partial charge in [0.15, 0.2) is 0 Å². The van der Waals surface area contributed by atoms with Gasteiger partial charge in [-0.25, -0.2) is 12.8 Å². The lowest BCUT2D eigenvalue weighted by atomic mass is 9.81. The molecule has 0 aromatic heterocycles. The fraction of sp³-hybridized carbons (Fsp3) is 0.529. The van der Waals surface area contributed by atoms with Crippen molar-refractivity contribution >= 4 is 21.8 Å². The van der Waals surface area contributed by atoms with Crippen LogP contribution in [0.15, 0.2) is 24.3 Å². The van der Waals surface area contributed by atoms with Gasteiger partial charge in [-0.3, -0.25) is 4.72 Å². The van der Waals surface area contributed by atoms with Crippen LogP contribution in [0.4, 0.5) is 10.1 Å². The first-order chi connectivity index (χ1) is 10.7. The van der Waals surface area contributed by atoms with Crippen LogP contribution >= 0.6 is 0 Å². The Labute approximate surface area is 137 Å². The Bertz CT molecular complexity index is 673. The van der Waals surface area contributed by atoms with Crippen molar-refractivity contribution in [1.82, 2.24) is 0 Å². The van der Waals surface area contributed by atoms with Crippen LogP contribution < -0.4 is 9.46 Å². The molecule has 0 heterocycles. The number of sulfonamides is 1. The van der Waals surface area contributed by atoms with Crippen LogP contribution in [0.1, 0.15) is 38.2 Å². The van der Waals surface area contributed by atoms with E-state index in [0.717, 1.165) is 24.7 Å². The molecule has 1 aromatic carbocycles. The van der Waals surface area contributed by atoms with Crippen molar-refractivity contribution in [3.8, 4) is 5.75 Å². The average molecular weight is 341 g/mol. The molecule has 0 bridgehead atoms. The topological polar surface area (TPSA) is 55.4 Å². The van der Waals surface area contributed by atoms with Crippen LogP contribution in [0.25, 0.3) is 6.08 Å². The van der Waals surface area contributed by atoms with Crippen LogP contribution in [0.2, 0.25) is 0 Å². The Balaban J connectivity index is 2.14. The van der Waals surface area contributed by atoms with E-state index in [1.54, 1.807) is 32.2 Å². The predicted octanol–water partition coefficient (Wildman–Crippen LogP) is 4.00. The number of allylic oxidation sites excluding steroid dienone is 1. The summed E-state index contributed by atoms with van der Waals surface area (Å²) in [4.78, 5) is 0. The van der Waals surface area contributed by atoms with Gasteiger partial charge in [-0.15, -0.1) is 0 Å². The zero-order chi connectivity index (χ0) is 17.1. The van der Waals surface area contributed by atoms with Gasteiger partial charge in [0.25, 0.3) is 0 Å². The molecule has 128 valence electrons. The van der Waals surface area contributed by atoms with Crippen molar-refractivity contribution < 1.29 is 17.5 Å². The van der Waals surface area contributed by atoms with Crippen LogP contribution in [-0.2, 0) is 10.0 Å². The van der Waals surface area contributed by atoms with Crippen molar-refractivity contribution in [3.63, 3.8) is 0 Å². The van der Waals surface area contributed by atoms with Crippen molar-refractivity contribution in [1.29, 1.82) is 0 Å². The fourth-order valence-electron chi connectivity index (χ4n) is 2.82. The zero-order valence-corrected chi connectivity index (χ0v) is 14.6. The number of anilines is 1. The Kier molecular flexibility index (Phi) is 5.34. The summed E-state index contributed by atoms with van der Waals surface area (Å²) in [5.74, 6) is 1.02. The van der Waals surface area contributed by atoms with Crippen molar-refractivity contribution in [2.45, 2.75) is 38.3 Å². The average Bonchev–Trinajstić information content (AvgIpc) is 2.44. The molecule has 1 N–H and O–H groups in total. The van der Waals surface area contributed by atoms with Crippen molar-refractivity contribution in [2.24, 2.45) is 5.92 Å². The Hall–Kier alpha value is -1.56. The van der Waals surface area contributed by atoms with Gasteiger partial charge in [-0.05, 0) is 56.7 Å². The number of rotatable bonds is 5. The van der Waals surface area contributed by atoms with Crippen molar-refractivity contribution in [2.75, 3.05) is 18.1 Å². The number of benzene rings is 1. The highest BCUT2D eigenvalue weighted by Gasteiger charge is 2.29. The van der Waals surface area contributed by atoms with E-state index in [4.69, 9.17) is 4.74 Å². The van der Waals surface area contributed by atoms with Crippen LogP contribution in [0.3, 0.4) is 0 Å². The monoisotopic (exact) mass is 341 g/mol. The SMILES string of the molecule is COc1ccc(NS(C)(=O)=O)cc1/C=C/C1CCC(C)(F)CC1. The summed E-state index contributed by atoms with van der Waals surface area (Å²) in [6.07, 6.45) is 7.92. The minimum Gasteiger partial charge on any atom is -0.496 e. The van der Waals surface area contributed by atoms with E-state index in [-0.39, 0.29) is 0 Å². The van der Waals surface area contributed by atoms with Crippen molar-refractivity contribution in [3.05, 3.63) is 29.8 Å². The highest BCUT2D eigenvalue weighted by molar-refractivity contribution is 7.92. The minimum atomic E-state index is -3.32. The van der Waals surface area contributed by atoms with E-state index in [9.17, 15) is 12.8 Å². The smallest absolute Gasteiger partial charge is 0.229 e. The maximum atomic E-state index is 13.8. The van der Waals surface area contributed by atoms with E-state index >= 15 is 0 Å². The minimum absolute atomic E-state index is 0.343. The molecule has 0 spiro atoms. The molecule has 0 amide bonds. The Morgan fingerprint density at radius 2 is 2.00 bits per heavy atom. The maximum absolute atomic E-state index is 13.8. The predicted molar refractivity (Wildman–Crippen MR) is 92.0 cm³/mol. The van der Waals surface area contributed by atoms with E-state index in [0.29, 0.717) is 30.2 Å². The number of nitrogens with one attached hydrogen (secondary N) is 1. The molecule has 0 saturated heterocycles.